The van der Waals surface area contributed by atoms with E-state index in [2.05, 4.69) is 25.9 Å². The van der Waals surface area contributed by atoms with Gasteiger partial charge in [0.15, 0.2) is 5.96 Å². The number of aliphatic imine (C=N–C) groups is 1. The molecule has 1 aromatic carbocycles. The topological polar surface area (TPSA) is 87.6 Å². The van der Waals surface area contributed by atoms with Crippen LogP contribution in [-0.2, 0) is 17.6 Å². The second kappa shape index (κ2) is 11.0. The first-order valence-electron chi connectivity index (χ1n) is 9.79. The van der Waals surface area contributed by atoms with Crippen LogP contribution in [0.15, 0.2) is 53.7 Å². The molecule has 0 saturated heterocycles. The van der Waals surface area contributed by atoms with E-state index in [1.807, 2.05) is 63.2 Å². The summed E-state index contributed by atoms with van der Waals surface area (Å²) in [5, 5.41) is 9.33. The highest BCUT2D eigenvalue weighted by Crippen LogP contribution is 2.13. The Morgan fingerprint density at radius 3 is 2.31 bits per heavy atom. The molecule has 1 heterocycles. The Labute approximate surface area is 173 Å². The Morgan fingerprint density at radius 1 is 1.03 bits per heavy atom. The lowest BCUT2D eigenvalue weighted by Crippen LogP contribution is -2.39. The van der Waals surface area contributed by atoms with Crippen molar-refractivity contribution in [1.82, 2.24) is 15.6 Å². The third-order valence-electron chi connectivity index (χ3n) is 3.93. The van der Waals surface area contributed by atoms with Crippen molar-refractivity contribution in [1.29, 1.82) is 0 Å². The number of guanidine groups is 1. The quantitative estimate of drug-likeness (QED) is 0.492. The number of anilines is 1. The number of hydrogen-bond donors (Lipinski definition) is 3. The molecule has 0 radical (unpaired) electrons. The van der Waals surface area contributed by atoms with Gasteiger partial charge in [-0.25, -0.2) is 4.79 Å². The summed E-state index contributed by atoms with van der Waals surface area (Å²) in [5.41, 5.74) is 2.41. The van der Waals surface area contributed by atoms with Gasteiger partial charge in [0.05, 0.1) is 0 Å². The predicted molar refractivity (Wildman–Crippen MR) is 117 cm³/mol. The molecule has 7 heteroatoms. The molecule has 0 fully saturated rings. The molecule has 3 N–H and O–H groups in total. The molecule has 0 aliphatic heterocycles. The Kier molecular flexibility index (Phi) is 8.45. The predicted octanol–water partition coefficient (Wildman–Crippen LogP) is 3.38. The van der Waals surface area contributed by atoms with Crippen molar-refractivity contribution in [3.63, 3.8) is 0 Å². The van der Waals surface area contributed by atoms with Gasteiger partial charge < -0.3 is 15.4 Å². The smallest absolute Gasteiger partial charge is 0.412 e. The third kappa shape index (κ3) is 9.10. The number of pyridine rings is 1. The lowest BCUT2D eigenvalue weighted by molar-refractivity contribution is 0.0636. The van der Waals surface area contributed by atoms with E-state index in [4.69, 9.17) is 4.74 Å². The van der Waals surface area contributed by atoms with Crippen molar-refractivity contribution >= 4 is 17.7 Å². The monoisotopic (exact) mass is 397 g/mol. The number of nitrogens with one attached hydrogen (secondary N) is 3. The lowest BCUT2D eigenvalue weighted by Gasteiger charge is -2.19. The fourth-order valence-corrected chi connectivity index (χ4v) is 2.58. The minimum absolute atomic E-state index is 0.451. The third-order valence-corrected chi connectivity index (χ3v) is 3.93. The highest BCUT2D eigenvalue weighted by Gasteiger charge is 2.16. The van der Waals surface area contributed by atoms with Crippen molar-refractivity contribution in [2.45, 2.75) is 39.2 Å². The van der Waals surface area contributed by atoms with Gasteiger partial charge in [-0.05, 0) is 57.0 Å². The van der Waals surface area contributed by atoms with Crippen molar-refractivity contribution in [2.24, 2.45) is 4.99 Å². The van der Waals surface area contributed by atoms with Crippen LogP contribution < -0.4 is 16.0 Å². The number of carbonyl (C=O) groups excluding carboxylic acids is 1. The molecule has 0 aliphatic rings. The van der Waals surface area contributed by atoms with Gasteiger partial charge in [0.2, 0.25) is 0 Å². The Hall–Kier alpha value is -3.09. The number of rotatable bonds is 7. The Balaban J connectivity index is 1.70. The summed E-state index contributed by atoms with van der Waals surface area (Å²) >= 11 is 0. The van der Waals surface area contributed by atoms with E-state index in [-0.39, 0.29) is 0 Å². The first kappa shape index (κ1) is 22.2. The highest BCUT2D eigenvalue weighted by molar-refractivity contribution is 5.84. The number of ether oxygens (including phenoxy) is 1. The molecule has 0 spiro atoms. The van der Waals surface area contributed by atoms with E-state index < -0.39 is 11.7 Å². The maximum absolute atomic E-state index is 11.8. The average Bonchev–Trinajstić information content (AvgIpc) is 2.67. The number of benzene rings is 1. The van der Waals surface area contributed by atoms with Crippen LogP contribution in [0.25, 0.3) is 0 Å². The number of nitrogens with zero attached hydrogens (tertiary/aromatic N) is 2. The van der Waals surface area contributed by atoms with Crippen LogP contribution in [0.4, 0.5) is 10.5 Å². The zero-order valence-corrected chi connectivity index (χ0v) is 17.7. The van der Waals surface area contributed by atoms with E-state index in [9.17, 15) is 4.79 Å². The Bertz CT molecular complexity index is 783. The maximum atomic E-state index is 11.8. The standard InChI is InChI=1S/C22H31N5O2/c1-22(2,3)29-21(28)27-19-10-8-17(9-11-19)12-15-25-20(23-4)26-16-13-18-7-5-6-14-24-18/h5-11,14H,12-13,15-16H2,1-4H3,(H,27,28)(H2,23,25,26). The molecule has 0 aliphatic carbocycles. The summed E-state index contributed by atoms with van der Waals surface area (Å²) in [6.45, 7) is 7.03. The molecule has 7 nitrogen and oxygen atoms in total. The molecule has 0 atom stereocenters. The summed E-state index contributed by atoms with van der Waals surface area (Å²) in [7, 11) is 1.76. The van der Waals surface area contributed by atoms with Gasteiger partial charge in [0.1, 0.15) is 5.60 Å². The fraction of sp³-hybridized carbons (Fsp3) is 0.409. The van der Waals surface area contributed by atoms with Gasteiger partial charge in [-0.2, -0.15) is 0 Å². The molecule has 2 aromatic rings. The summed E-state index contributed by atoms with van der Waals surface area (Å²) in [5.74, 6) is 0.768. The largest absolute Gasteiger partial charge is 0.444 e. The molecule has 2 rings (SSSR count). The number of hydrogen-bond acceptors (Lipinski definition) is 4. The van der Waals surface area contributed by atoms with E-state index in [1.54, 1.807) is 13.2 Å². The molecule has 1 aromatic heterocycles. The van der Waals surface area contributed by atoms with Crippen LogP contribution in [0.2, 0.25) is 0 Å². The van der Waals surface area contributed by atoms with Crippen LogP contribution in [0.5, 0.6) is 0 Å². The molecule has 1 amide bonds. The number of aromatic nitrogens is 1. The summed E-state index contributed by atoms with van der Waals surface area (Å²) < 4.78 is 5.25. The minimum Gasteiger partial charge on any atom is -0.444 e. The van der Waals surface area contributed by atoms with Gasteiger partial charge in [-0.15, -0.1) is 0 Å². The van der Waals surface area contributed by atoms with Gasteiger partial charge in [-0.1, -0.05) is 18.2 Å². The Morgan fingerprint density at radius 2 is 1.72 bits per heavy atom. The molecular weight excluding hydrogens is 366 g/mol. The number of carbonyl (C=O) groups is 1. The zero-order valence-electron chi connectivity index (χ0n) is 17.7. The second-order valence-corrected chi connectivity index (χ2v) is 7.57. The van der Waals surface area contributed by atoms with Crippen LogP contribution in [-0.4, -0.2) is 42.8 Å². The molecule has 0 unspecified atom stereocenters. The van der Waals surface area contributed by atoms with Crippen molar-refractivity contribution in [2.75, 3.05) is 25.5 Å². The van der Waals surface area contributed by atoms with Crippen LogP contribution in [0.1, 0.15) is 32.0 Å². The van der Waals surface area contributed by atoms with Gasteiger partial charge >= 0.3 is 6.09 Å². The first-order chi connectivity index (χ1) is 13.9. The molecule has 29 heavy (non-hydrogen) atoms. The maximum Gasteiger partial charge on any atom is 0.412 e. The number of amides is 1. The van der Waals surface area contributed by atoms with E-state index in [0.29, 0.717) is 5.69 Å². The molecular formula is C22H31N5O2. The van der Waals surface area contributed by atoms with Crippen molar-refractivity contribution in [3.05, 3.63) is 59.9 Å². The van der Waals surface area contributed by atoms with Gasteiger partial charge in [0.25, 0.3) is 0 Å². The molecule has 156 valence electrons. The summed E-state index contributed by atoms with van der Waals surface area (Å²) in [6, 6.07) is 13.6. The van der Waals surface area contributed by atoms with E-state index >= 15 is 0 Å². The average molecular weight is 398 g/mol. The van der Waals surface area contributed by atoms with Crippen LogP contribution in [0, 0.1) is 0 Å². The summed E-state index contributed by atoms with van der Waals surface area (Å²) in [6.07, 6.45) is 3.03. The first-order valence-corrected chi connectivity index (χ1v) is 9.79. The van der Waals surface area contributed by atoms with E-state index in [0.717, 1.165) is 43.1 Å². The van der Waals surface area contributed by atoms with E-state index in [1.165, 1.54) is 0 Å². The second-order valence-electron chi connectivity index (χ2n) is 7.57. The van der Waals surface area contributed by atoms with Crippen molar-refractivity contribution in [3.8, 4) is 0 Å². The summed E-state index contributed by atoms with van der Waals surface area (Å²) in [4.78, 5) is 20.4. The van der Waals surface area contributed by atoms with Crippen LogP contribution in [0.3, 0.4) is 0 Å². The fourth-order valence-electron chi connectivity index (χ4n) is 2.58. The SMILES string of the molecule is CN=C(NCCc1ccc(NC(=O)OC(C)(C)C)cc1)NCCc1ccccn1. The molecule has 0 saturated carbocycles. The highest BCUT2D eigenvalue weighted by atomic mass is 16.6. The lowest BCUT2D eigenvalue weighted by atomic mass is 10.1. The molecule has 0 bridgehead atoms. The minimum atomic E-state index is -0.514. The normalized spacial score (nSPS) is 11.7. The van der Waals surface area contributed by atoms with Gasteiger partial charge in [-0.3, -0.25) is 15.3 Å². The van der Waals surface area contributed by atoms with Crippen LogP contribution >= 0.6 is 0 Å². The van der Waals surface area contributed by atoms with Gasteiger partial charge in [0, 0.05) is 44.1 Å². The van der Waals surface area contributed by atoms with Crippen molar-refractivity contribution < 1.29 is 9.53 Å². The zero-order chi connectivity index (χ0) is 21.1.